The molecule has 4 nitrogen and oxygen atoms in total. The Morgan fingerprint density at radius 2 is 1.69 bits per heavy atom. The molecule has 2 aromatic rings. The van der Waals surface area contributed by atoms with E-state index < -0.39 is 18.3 Å². The Bertz CT molecular complexity index is 672. The number of nitrogens with one attached hydrogen (secondary N) is 1. The summed E-state index contributed by atoms with van der Waals surface area (Å²) in [6.45, 7) is 1.99. The second-order valence-corrected chi connectivity index (χ2v) is 6.34. The minimum absolute atomic E-state index is 0. The fourth-order valence-corrected chi connectivity index (χ4v) is 3.03. The second kappa shape index (κ2) is 10.1. The molecule has 1 amide bonds. The maximum atomic E-state index is 14.4. The fraction of sp³-hybridized carbons (Fsp3) is 0.350. The van der Waals surface area contributed by atoms with Crippen LogP contribution in [0.1, 0.15) is 17.5 Å². The zero-order valence-electron chi connectivity index (χ0n) is 14.5. The van der Waals surface area contributed by atoms with Gasteiger partial charge in [0.25, 0.3) is 0 Å². The fourth-order valence-electron chi connectivity index (χ4n) is 3.03. The molecule has 1 fully saturated rings. The number of alkyl halides is 1. The van der Waals surface area contributed by atoms with Crippen molar-refractivity contribution in [3.8, 4) is 0 Å². The first kappa shape index (κ1) is 20.2. The molecule has 26 heavy (non-hydrogen) atoms. The maximum Gasteiger partial charge on any atom is 0.407 e. The summed E-state index contributed by atoms with van der Waals surface area (Å²) in [6.07, 6.45) is -1.08. The van der Waals surface area contributed by atoms with Gasteiger partial charge in [0.1, 0.15) is 12.8 Å². The lowest BCUT2D eigenvalue weighted by Gasteiger charge is -2.34. The van der Waals surface area contributed by atoms with Gasteiger partial charge in [0.05, 0.1) is 6.04 Å². The Kier molecular flexibility index (Phi) is 7.88. The van der Waals surface area contributed by atoms with E-state index in [9.17, 15) is 9.18 Å². The van der Waals surface area contributed by atoms with E-state index in [4.69, 9.17) is 4.74 Å². The van der Waals surface area contributed by atoms with Crippen molar-refractivity contribution < 1.29 is 13.9 Å². The average Bonchev–Trinajstić information content (AvgIpc) is 2.64. The Hall–Kier alpha value is -2.11. The van der Waals surface area contributed by atoms with Gasteiger partial charge in [-0.2, -0.15) is 0 Å². The molecule has 0 aromatic heterocycles. The van der Waals surface area contributed by atoms with Gasteiger partial charge in [-0.05, 0) is 17.5 Å². The number of piperidine rings is 1. The van der Waals surface area contributed by atoms with Crippen LogP contribution in [0.4, 0.5) is 9.18 Å². The van der Waals surface area contributed by atoms with Gasteiger partial charge in [0.2, 0.25) is 0 Å². The summed E-state index contributed by atoms with van der Waals surface area (Å²) >= 11 is 0. The van der Waals surface area contributed by atoms with Crippen molar-refractivity contribution in [1.82, 2.24) is 10.2 Å². The first-order chi connectivity index (χ1) is 12.2. The number of hydrogen-bond acceptors (Lipinski definition) is 3. The minimum Gasteiger partial charge on any atom is -0.445 e. The summed E-state index contributed by atoms with van der Waals surface area (Å²) < 4.78 is 19.6. The largest absolute Gasteiger partial charge is 0.445 e. The van der Waals surface area contributed by atoms with E-state index in [1.165, 1.54) is 5.56 Å². The number of carbonyl (C=O) groups excluding carboxylic acids is 1. The highest BCUT2D eigenvalue weighted by Gasteiger charge is 2.30. The van der Waals surface area contributed by atoms with Gasteiger partial charge in [-0.15, -0.1) is 12.4 Å². The number of rotatable bonds is 5. The van der Waals surface area contributed by atoms with E-state index in [0.29, 0.717) is 13.0 Å². The first-order valence-corrected chi connectivity index (χ1v) is 8.58. The minimum atomic E-state index is -1.10. The number of carbonyl (C=O) groups is 1. The predicted octanol–water partition coefficient (Wildman–Crippen LogP) is 3.95. The highest BCUT2D eigenvalue weighted by molar-refractivity contribution is 5.85. The van der Waals surface area contributed by atoms with Gasteiger partial charge in [-0.3, -0.25) is 4.90 Å². The molecule has 3 rings (SSSR count). The third-order valence-corrected chi connectivity index (χ3v) is 4.39. The number of hydrogen-bond donors (Lipinski definition) is 1. The lowest BCUT2D eigenvalue weighted by Crippen LogP contribution is -2.52. The first-order valence-electron chi connectivity index (χ1n) is 8.58. The third kappa shape index (κ3) is 6.00. The molecule has 1 aliphatic heterocycles. The molecular weight excluding hydrogens is 355 g/mol. The summed E-state index contributed by atoms with van der Waals surface area (Å²) in [7, 11) is 0. The third-order valence-electron chi connectivity index (χ3n) is 4.39. The van der Waals surface area contributed by atoms with Gasteiger partial charge in [-0.1, -0.05) is 60.7 Å². The van der Waals surface area contributed by atoms with Gasteiger partial charge < -0.3 is 10.1 Å². The van der Waals surface area contributed by atoms with E-state index in [1.54, 1.807) is 0 Å². The maximum absolute atomic E-state index is 14.4. The molecule has 1 heterocycles. The molecule has 0 radical (unpaired) electrons. The molecule has 2 aromatic carbocycles. The zero-order chi connectivity index (χ0) is 17.5. The molecular formula is C20H24ClFN2O2. The average molecular weight is 379 g/mol. The van der Waals surface area contributed by atoms with Crippen molar-refractivity contribution in [2.45, 2.75) is 31.8 Å². The quantitative estimate of drug-likeness (QED) is 0.856. The summed E-state index contributed by atoms with van der Waals surface area (Å²) in [4.78, 5) is 14.0. The monoisotopic (exact) mass is 378 g/mol. The number of alkyl carbamates (subject to hydrolysis) is 1. The number of ether oxygens (including phenoxy) is 1. The van der Waals surface area contributed by atoms with Gasteiger partial charge in [-0.25, -0.2) is 9.18 Å². The molecule has 1 aliphatic rings. The van der Waals surface area contributed by atoms with Crippen LogP contribution >= 0.6 is 12.4 Å². The van der Waals surface area contributed by atoms with Crippen LogP contribution in [0.25, 0.3) is 0 Å². The van der Waals surface area contributed by atoms with E-state index in [0.717, 1.165) is 18.7 Å². The van der Waals surface area contributed by atoms with Crippen LogP contribution in [-0.4, -0.2) is 36.3 Å². The number of benzene rings is 2. The smallest absolute Gasteiger partial charge is 0.407 e. The predicted molar refractivity (Wildman–Crippen MR) is 102 cm³/mol. The lowest BCUT2D eigenvalue weighted by atomic mass is 10.0. The van der Waals surface area contributed by atoms with Crippen LogP contribution in [0.15, 0.2) is 60.7 Å². The van der Waals surface area contributed by atoms with Crippen LogP contribution in [0.5, 0.6) is 0 Å². The van der Waals surface area contributed by atoms with Crippen molar-refractivity contribution >= 4 is 18.5 Å². The normalized spacial score (nSPS) is 20.0. The Morgan fingerprint density at radius 1 is 1.08 bits per heavy atom. The Balaban J connectivity index is 0.00000243. The Morgan fingerprint density at radius 3 is 2.31 bits per heavy atom. The molecule has 0 aliphatic carbocycles. The molecule has 6 heteroatoms. The summed E-state index contributed by atoms with van der Waals surface area (Å²) in [5, 5.41) is 2.66. The van der Waals surface area contributed by atoms with Crippen molar-refractivity contribution in [2.24, 2.45) is 0 Å². The zero-order valence-corrected chi connectivity index (χ0v) is 15.3. The van der Waals surface area contributed by atoms with Crippen LogP contribution < -0.4 is 5.32 Å². The highest BCUT2D eigenvalue weighted by Crippen LogP contribution is 2.17. The van der Waals surface area contributed by atoms with Crippen LogP contribution in [-0.2, 0) is 17.9 Å². The molecule has 0 spiro atoms. The van der Waals surface area contributed by atoms with Crippen molar-refractivity contribution in [2.75, 3.05) is 13.1 Å². The van der Waals surface area contributed by atoms with Crippen molar-refractivity contribution in [3.05, 3.63) is 71.8 Å². The van der Waals surface area contributed by atoms with Crippen molar-refractivity contribution in [3.63, 3.8) is 0 Å². The number of nitrogens with zero attached hydrogens (tertiary/aromatic N) is 1. The van der Waals surface area contributed by atoms with Gasteiger partial charge in [0, 0.05) is 19.6 Å². The molecule has 140 valence electrons. The molecule has 2 atom stereocenters. The van der Waals surface area contributed by atoms with Crippen LogP contribution in [0.3, 0.4) is 0 Å². The molecule has 2 unspecified atom stereocenters. The summed E-state index contributed by atoms with van der Waals surface area (Å²) in [5.74, 6) is 0. The number of halogens is 2. The summed E-state index contributed by atoms with van der Waals surface area (Å²) in [5.41, 5.74) is 2.08. The van der Waals surface area contributed by atoms with Gasteiger partial charge in [0.15, 0.2) is 0 Å². The number of likely N-dealkylation sites (tertiary alicyclic amines) is 1. The SMILES string of the molecule is Cl.O=C(NC1CCN(Cc2ccccc2)CC1F)OCc1ccccc1. The van der Waals surface area contributed by atoms with Crippen molar-refractivity contribution in [1.29, 1.82) is 0 Å². The molecule has 1 saturated heterocycles. The molecule has 0 bridgehead atoms. The summed E-state index contributed by atoms with van der Waals surface area (Å²) in [6, 6.07) is 19.0. The van der Waals surface area contributed by atoms with E-state index in [1.807, 2.05) is 60.7 Å². The van der Waals surface area contributed by atoms with Gasteiger partial charge >= 0.3 is 6.09 Å². The lowest BCUT2D eigenvalue weighted by molar-refractivity contribution is 0.0849. The highest BCUT2D eigenvalue weighted by atomic mass is 35.5. The van der Waals surface area contributed by atoms with E-state index >= 15 is 0 Å². The number of amides is 1. The standard InChI is InChI=1S/C20H23FN2O2.ClH/c21-18-14-23(13-16-7-3-1-4-8-16)12-11-19(18)22-20(24)25-15-17-9-5-2-6-10-17;/h1-10,18-19H,11-15H2,(H,22,24);1H. The molecule has 1 N–H and O–H groups in total. The molecule has 0 saturated carbocycles. The van der Waals surface area contributed by atoms with Crippen LogP contribution in [0.2, 0.25) is 0 Å². The second-order valence-electron chi connectivity index (χ2n) is 6.34. The Labute approximate surface area is 159 Å². The van der Waals surface area contributed by atoms with E-state index in [-0.39, 0.29) is 19.0 Å². The van der Waals surface area contributed by atoms with E-state index in [2.05, 4.69) is 10.2 Å². The topological polar surface area (TPSA) is 41.6 Å². The van der Waals surface area contributed by atoms with Crippen LogP contribution in [0, 0.1) is 0 Å².